The van der Waals surface area contributed by atoms with Crippen molar-refractivity contribution >= 4 is 29.5 Å². The summed E-state index contributed by atoms with van der Waals surface area (Å²) >= 11 is 1.39. The molecule has 1 saturated heterocycles. The number of hydrogen-bond acceptors (Lipinski definition) is 5. The van der Waals surface area contributed by atoms with E-state index in [4.69, 9.17) is 0 Å². The van der Waals surface area contributed by atoms with Gasteiger partial charge < -0.3 is 10.2 Å². The number of nitrogens with zero attached hydrogens (tertiary/aromatic N) is 1. The zero-order valence-electron chi connectivity index (χ0n) is 22.0. The van der Waals surface area contributed by atoms with E-state index in [1.54, 1.807) is 0 Å². The van der Waals surface area contributed by atoms with E-state index >= 15 is 0 Å². The first kappa shape index (κ1) is 25.3. The van der Waals surface area contributed by atoms with Gasteiger partial charge in [0.05, 0.1) is 0 Å². The van der Waals surface area contributed by atoms with E-state index in [1.165, 1.54) is 72.9 Å². The molecule has 5 fully saturated rings. The van der Waals surface area contributed by atoms with Crippen molar-refractivity contribution in [1.29, 1.82) is 0 Å². The van der Waals surface area contributed by atoms with Gasteiger partial charge in [0, 0.05) is 46.8 Å². The zero-order valence-corrected chi connectivity index (χ0v) is 22.8. The fourth-order valence-electron chi connectivity index (χ4n) is 8.27. The molecule has 0 aromatic heterocycles. The minimum absolute atomic E-state index is 0.176. The average molecular weight is 548 g/mol. The average Bonchev–Trinajstić information content (AvgIpc) is 3.23. The predicted molar refractivity (Wildman–Crippen MR) is 146 cm³/mol. The summed E-state index contributed by atoms with van der Waals surface area (Å²) in [5.41, 5.74) is 3.78. The minimum atomic E-state index is -0.705. The molecule has 0 spiro atoms. The molecule has 2 N–H and O–H groups in total. The third-order valence-corrected chi connectivity index (χ3v) is 10.9. The smallest absolute Gasteiger partial charge is 0.255 e. The Morgan fingerprint density at radius 2 is 1.62 bits per heavy atom. The maximum atomic E-state index is 15.0. The molecule has 1 unspecified atom stereocenters. The molecule has 3 amide bonds. The Morgan fingerprint density at radius 1 is 0.949 bits per heavy atom. The van der Waals surface area contributed by atoms with Crippen LogP contribution in [0, 0.1) is 23.6 Å². The van der Waals surface area contributed by atoms with Crippen molar-refractivity contribution in [1.82, 2.24) is 15.5 Å². The van der Waals surface area contributed by atoms with E-state index in [2.05, 4.69) is 34.9 Å². The van der Waals surface area contributed by atoms with Crippen LogP contribution in [-0.2, 0) is 28.4 Å². The van der Waals surface area contributed by atoms with Gasteiger partial charge in [0.25, 0.3) is 5.91 Å². The number of benzene rings is 2. The van der Waals surface area contributed by atoms with E-state index in [9.17, 15) is 18.8 Å². The molecule has 2 aromatic carbocycles. The fourth-order valence-corrected chi connectivity index (χ4v) is 9.32. The van der Waals surface area contributed by atoms with Crippen molar-refractivity contribution in [3.05, 3.63) is 64.5 Å². The van der Waals surface area contributed by atoms with Crippen molar-refractivity contribution in [2.75, 3.05) is 0 Å². The summed E-state index contributed by atoms with van der Waals surface area (Å²) < 4.78 is 15.0. The van der Waals surface area contributed by atoms with Crippen molar-refractivity contribution in [3.63, 3.8) is 0 Å². The van der Waals surface area contributed by atoms with Gasteiger partial charge in [-0.2, -0.15) is 0 Å². The Labute approximate surface area is 232 Å². The number of rotatable bonds is 7. The lowest BCUT2D eigenvalue weighted by molar-refractivity contribution is -0.136. The zero-order chi connectivity index (χ0) is 26.7. The first-order valence-electron chi connectivity index (χ1n) is 14.3. The Kier molecular flexibility index (Phi) is 6.31. The molecule has 0 radical (unpaired) electrons. The molecule has 6 aliphatic rings. The normalized spacial score (nSPS) is 31.1. The molecule has 2 aromatic rings. The van der Waals surface area contributed by atoms with Gasteiger partial charge in [0.1, 0.15) is 11.9 Å². The lowest BCUT2D eigenvalue weighted by Crippen LogP contribution is -2.58. The summed E-state index contributed by atoms with van der Waals surface area (Å²) in [4.78, 5) is 38.9. The Hall–Kier alpha value is -2.71. The van der Waals surface area contributed by atoms with Crippen LogP contribution in [0.3, 0.4) is 0 Å². The van der Waals surface area contributed by atoms with Crippen molar-refractivity contribution < 1.29 is 18.8 Å². The van der Waals surface area contributed by atoms with Crippen molar-refractivity contribution in [2.24, 2.45) is 17.8 Å². The lowest BCUT2D eigenvalue weighted by Gasteiger charge is -2.57. The molecule has 39 heavy (non-hydrogen) atoms. The third-order valence-electron chi connectivity index (χ3n) is 9.73. The molecular weight excluding hydrogens is 513 g/mol. The summed E-state index contributed by atoms with van der Waals surface area (Å²) in [7, 11) is 0. The summed E-state index contributed by atoms with van der Waals surface area (Å²) in [6, 6.07) is 10.7. The van der Waals surface area contributed by atoms with Crippen LogP contribution in [0.1, 0.15) is 78.4 Å². The van der Waals surface area contributed by atoms with Gasteiger partial charge in [-0.1, -0.05) is 24.3 Å². The van der Waals surface area contributed by atoms with Crippen molar-refractivity contribution in [2.45, 2.75) is 86.7 Å². The standard InChI is InChI=1S/C31H34FN3O3S/c32-25-6-5-23-24(16-35(30(23)38)26-7-8-27(36)34-29(26)37)28(25)39-17-19-3-1-18(2-4-19)15-33-31-12-20-9-21(13-31)11-22(10-20)14-31/h1-6,20-22,26,33H,7-17H2,(H,34,36,37). The highest BCUT2D eigenvalue weighted by molar-refractivity contribution is 7.98. The molecule has 204 valence electrons. The van der Waals surface area contributed by atoms with E-state index < -0.39 is 11.9 Å². The molecule has 6 nitrogen and oxygen atoms in total. The Bertz CT molecular complexity index is 1310. The molecule has 2 aliphatic heterocycles. The Balaban J connectivity index is 0.996. The number of imide groups is 1. The van der Waals surface area contributed by atoms with Gasteiger partial charge in [-0.05, 0) is 86.0 Å². The second kappa shape index (κ2) is 9.73. The predicted octanol–water partition coefficient (Wildman–Crippen LogP) is 4.94. The van der Waals surface area contributed by atoms with Gasteiger partial charge in [-0.3, -0.25) is 19.7 Å². The van der Waals surface area contributed by atoms with Crippen LogP contribution in [0.15, 0.2) is 41.3 Å². The fraction of sp³-hybridized carbons (Fsp3) is 0.516. The SMILES string of the molecule is O=C1CCC(N2Cc3c(ccc(F)c3SCc3ccc(CNC45CC6CC(CC(C6)C4)C5)cc3)C2=O)C(=O)N1. The summed E-state index contributed by atoms with van der Waals surface area (Å²) in [5, 5.41) is 6.28. The van der Waals surface area contributed by atoms with Gasteiger partial charge in [0.15, 0.2) is 0 Å². The van der Waals surface area contributed by atoms with Crippen LogP contribution < -0.4 is 10.6 Å². The summed E-state index contributed by atoms with van der Waals surface area (Å²) in [6.45, 7) is 1.06. The van der Waals surface area contributed by atoms with Gasteiger partial charge >= 0.3 is 0 Å². The number of hydrogen-bond donors (Lipinski definition) is 2. The molecular formula is C31H34FN3O3S. The molecule has 2 heterocycles. The second-order valence-electron chi connectivity index (χ2n) is 12.5. The molecule has 1 atom stereocenters. The van der Waals surface area contributed by atoms with Gasteiger partial charge in [-0.15, -0.1) is 11.8 Å². The number of piperidine rings is 1. The number of thioether (sulfide) groups is 1. The Morgan fingerprint density at radius 3 is 2.28 bits per heavy atom. The first-order chi connectivity index (χ1) is 18.9. The summed E-state index contributed by atoms with van der Waals surface area (Å²) in [5.74, 6) is 1.95. The van der Waals surface area contributed by atoms with Crippen LogP contribution in [0.4, 0.5) is 4.39 Å². The molecule has 4 bridgehead atoms. The quantitative estimate of drug-likeness (QED) is 0.379. The maximum Gasteiger partial charge on any atom is 0.255 e. The topological polar surface area (TPSA) is 78.5 Å². The molecule has 8 heteroatoms. The summed E-state index contributed by atoms with van der Waals surface area (Å²) in [6.07, 6.45) is 8.84. The minimum Gasteiger partial charge on any atom is -0.322 e. The van der Waals surface area contributed by atoms with Crippen LogP contribution >= 0.6 is 11.8 Å². The molecule has 4 saturated carbocycles. The number of nitrogens with one attached hydrogen (secondary N) is 2. The molecule has 4 aliphatic carbocycles. The van der Waals surface area contributed by atoms with E-state index in [0.717, 1.165) is 29.9 Å². The lowest BCUT2D eigenvalue weighted by atomic mass is 9.53. The van der Waals surface area contributed by atoms with Crippen molar-refractivity contribution in [3.8, 4) is 0 Å². The van der Waals surface area contributed by atoms with E-state index in [1.807, 2.05) is 0 Å². The largest absolute Gasteiger partial charge is 0.322 e. The van der Waals surface area contributed by atoms with E-state index in [-0.39, 0.29) is 30.6 Å². The number of carbonyl (C=O) groups is 3. The van der Waals surface area contributed by atoms with Crippen LogP contribution in [0.2, 0.25) is 0 Å². The highest BCUT2D eigenvalue weighted by Crippen LogP contribution is 2.55. The monoisotopic (exact) mass is 547 g/mol. The van der Waals surface area contributed by atoms with Crippen LogP contribution in [-0.4, -0.2) is 34.2 Å². The van der Waals surface area contributed by atoms with Crippen LogP contribution in [0.25, 0.3) is 0 Å². The molecule has 8 rings (SSSR count). The number of halogens is 1. The second-order valence-corrected chi connectivity index (χ2v) is 13.4. The third kappa shape index (κ3) is 4.69. The number of fused-ring (bicyclic) bond motifs is 1. The first-order valence-corrected chi connectivity index (χ1v) is 15.3. The highest BCUT2D eigenvalue weighted by Gasteiger charge is 2.50. The van der Waals surface area contributed by atoms with Gasteiger partial charge in [0.2, 0.25) is 11.8 Å². The van der Waals surface area contributed by atoms with Gasteiger partial charge in [-0.25, -0.2) is 4.39 Å². The van der Waals surface area contributed by atoms with E-state index in [0.29, 0.717) is 33.7 Å². The maximum absolute atomic E-state index is 15.0. The number of amides is 3. The number of carbonyl (C=O) groups excluding carboxylic acids is 3. The highest BCUT2D eigenvalue weighted by atomic mass is 32.2. The van der Waals surface area contributed by atoms with Crippen LogP contribution in [0.5, 0.6) is 0 Å².